The van der Waals surface area contributed by atoms with Gasteiger partial charge in [0, 0.05) is 18.8 Å². The summed E-state index contributed by atoms with van der Waals surface area (Å²) in [7, 11) is 4.27. The summed E-state index contributed by atoms with van der Waals surface area (Å²) >= 11 is 0. The predicted molar refractivity (Wildman–Crippen MR) is 81.6 cm³/mol. The Labute approximate surface area is 113 Å². The van der Waals surface area contributed by atoms with Crippen LogP contribution in [0.4, 0.5) is 5.69 Å². The second kappa shape index (κ2) is 7.42. The summed E-state index contributed by atoms with van der Waals surface area (Å²) in [5.41, 5.74) is 4.28. The maximum atomic E-state index is 2.40. The van der Waals surface area contributed by atoms with Crippen LogP contribution in [0, 0.1) is 6.92 Å². The highest BCUT2D eigenvalue weighted by atomic mass is 15.1. The Bertz CT molecular complexity index is 354. The lowest BCUT2D eigenvalue weighted by Crippen LogP contribution is -2.21. The summed E-state index contributed by atoms with van der Waals surface area (Å²) < 4.78 is 0. The fourth-order valence-corrected chi connectivity index (χ4v) is 2.33. The number of hydrogen-bond acceptors (Lipinski definition) is 2. The predicted octanol–water partition coefficient (Wildman–Crippen LogP) is 3.34. The lowest BCUT2D eigenvalue weighted by atomic mass is 10.0. The Morgan fingerprint density at radius 3 is 2.22 bits per heavy atom. The molecule has 18 heavy (non-hydrogen) atoms. The fourth-order valence-electron chi connectivity index (χ4n) is 2.33. The van der Waals surface area contributed by atoms with E-state index < -0.39 is 0 Å². The molecule has 0 atom stereocenters. The van der Waals surface area contributed by atoms with E-state index in [9.17, 15) is 0 Å². The van der Waals surface area contributed by atoms with E-state index in [1.807, 2.05) is 0 Å². The summed E-state index contributed by atoms with van der Waals surface area (Å²) in [5.74, 6) is 0. The van der Waals surface area contributed by atoms with Crippen molar-refractivity contribution in [2.24, 2.45) is 0 Å². The van der Waals surface area contributed by atoms with Gasteiger partial charge in [0.2, 0.25) is 0 Å². The second-order valence-electron chi connectivity index (χ2n) is 5.19. The van der Waals surface area contributed by atoms with Crippen molar-refractivity contribution in [3.8, 4) is 0 Å². The highest BCUT2D eigenvalue weighted by molar-refractivity contribution is 5.50. The van der Waals surface area contributed by atoms with Crippen molar-refractivity contribution < 1.29 is 0 Å². The van der Waals surface area contributed by atoms with Crippen LogP contribution >= 0.6 is 0 Å². The van der Waals surface area contributed by atoms with E-state index in [0.717, 1.165) is 19.6 Å². The summed E-state index contributed by atoms with van der Waals surface area (Å²) in [6, 6.07) is 6.90. The monoisotopic (exact) mass is 248 g/mol. The number of aryl methyl sites for hydroxylation is 2. The zero-order valence-corrected chi connectivity index (χ0v) is 12.7. The van der Waals surface area contributed by atoms with Crippen LogP contribution in [0.15, 0.2) is 18.2 Å². The van der Waals surface area contributed by atoms with Crippen molar-refractivity contribution >= 4 is 5.69 Å². The first-order chi connectivity index (χ1) is 8.58. The Balaban J connectivity index is 2.67. The van der Waals surface area contributed by atoms with Gasteiger partial charge < -0.3 is 9.80 Å². The molecule has 0 saturated carbocycles. The molecule has 0 amide bonds. The van der Waals surface area contributed by atoms with Gasteiger partial charge in [-0.15, -0.1) is 0 Å². The van der Waals surface area contributed by atoms with Gasteiger partial charge in [0.05, 0.1) is 0 Å². The van der Waals surface area contributed by atoms with Gasteiger partial charge in [-0.1, -0.05) is 6.07 Å². The smallest absolute Gasteiger partial charge is 0.0368 e. The third kappa shape index (κ3) is 4.34. The van der Waals surface area contributed by atoms with E-state index in [4.69, 9.17) is 0 Å². The van der Waals surface area contributed by atoms with E-state index in [-0.39, 0.29) is 0 Å². The maximum Gasteiger partial charge on any atom is 0.0368 e. The summed E-state index contributed by atoms with van der Waals surface area (Å²) in [6.07, 6.45) is 2.42. The minimum atomic E-state index is 1.08. The van der Waals surface area contributed by atoms with Crippen molar-refractivity contribution in [3.05, 3.63) is 29.3 Å². The average molecular weight is 248 g/mol. The molecule has 2 nitrogen and oxygen atoms in total. The molecule has 0 N–H and O–H groups in total. The lowest BCUT2D eigenvalue weighted by Gasteiger charge is -2.22. The third-order valence-corrected chi connectivity index (χ3v) is 3.51. The number of nitrogens with zero attached hydrogens (tertiary/aromatic N) is 2. The van der Waals surface area contributed by atoms with Crippen molar-refractivity contribution in [1.29, 1.82) is 0 Å². The molecule has 102 valence electrons. The Hall–Kier alpha value is -1.02. The van der Waals surface area contributed by atoms with E-state index in [1.54, 1.807) is 0 Å². The standard InChI is InChI=1S/C16H28N2/c1-6-18(7-2)16-11-10-15(14(3)13-16)9-8-12-17(4)5/h10-11,13H,6-9,12H2,1-5H3. The van der Waals surface area contributed by atoms with Gasteiger partial charge in [0.25, 0.3) is 0 Å². The Morgan fingerprint density at radius 1 is 1.06 bits per heavy atom. The average Bonchev–Trinajstić information content (AvgIpc) is 2.33. The molecule has 0 heterocycles. The van der Waals surface area contributed by atoms with Crippen LogP contribution in [0.5, 0.6) is 0 Å². The highest BCUT2D eigenvalue weighted by Gasteiger charge is 2.05. The summed E-state index contributed by atoms with van der Waals surface area (Å²) in [4.78, 5) is 4.65. The quantitative estimate of drug-likeness (QED) is 0.730. The van der Waals surface area contributed by atoms with Gasteiger partial charge >= 0.3 is 0 Å². The molecule has 1 aromatic rings. The molecule has 0 aliphatic rings. The molecule has 2 heteroatoms. The van der Waals surface area contributed by atoms with Crippen LogP contribution in [-0.2, 0) is 6.42 Å². The van der Waals surface area contributed by atoms with Crippen molar-refractivity contribution in [3.63, 3.8) is 0 Å². The normalized spacial score (nSPS) is 11.0. The molecule has 0 saturated heterocycles. The molecule has 0 fully saturated rings. The number of rotatable bonds is 7. The SMILES string of the molecule is CCN(CC)c1ccc(CCCN(C)C)c(C)c1. The molecule has 0 spiro atoms. The summed E-state index contributed by atoms with van der Waals surface area (Å²) in [6.45, 7) is 9.98. The van der Waals surface area contributed by atoms with Gasteiger partial charge in [0.1, 0.15) is 0 Å². The van der Waals surface area contributed by atoms with Crippen molar-refractivity contribution in [2.45, 2.75) is 33.6 Å². The van der Waals surface area contributed by atoms with Gasteiger partial charge in [-0.2, -0.15) is 0 Å². The van der Waals surface area contributed by atoms with E-state index in [1.165, 1.54) is 29.7 Å². The maximum absolute atomic E-state index is 2.40. The minimum absolute atomic E-state index is 1.08. The van der Waals surface area contributed by atoms with Crippen LogP contribution < -0.4 is 4.90 Å². The van der Waals surface area contributed by atoms with Gasteiger partial charge in [-0.25, -0.2) is 0 Å². The van der Waals surface area contributed by atoms with Crippen molar-refractivity contribution in [2.75, 3.05) is 38.6 Å². The molecule has 0 unspecified atom stereocenters. The minimum Gasteiger partial charge on any atom is -0.372 e. The molecular weight excluding hydrogens is 220 g/mol. The first kappa shape index (κ1) is 15.0. The first-order valence-electron chi connectivity index (χ1n) is 7.07. The van der Waals surface area contributed by atoms with Crippen LogP contribution in [0.25, 0.3) is 0 Å². The van der Waals surface area contributed by atoms with Gasteiger partial charge in [0.15, 0.2) is 0 Å². The molecule has 1 aromatic carbocycles. The first-order valence-corrected chi connectivity index (χ1v) is 7.07. The molecule has 0 aromatic heterocycles. The van der Waals surface area contributed by atoms with Crippen molar-refractivity contribution in [1.82, 2.24) is 4.90 Å². The number of anilines is 1. The second-order valence-corrected chi connectivity index (χ2v) is 5.19. The number of hydrogen-bond donors (Lipinski definition) is 0. The topological polar surface area (TPSA) is 6.48 Å². The van der Waals surface area contributed by atoms with E-state index >= 15 is 0 Å². The zero-order chi connectivity index (χ0) is 13.5. The molecule has 0 aliphatic heterocycles. The third-order valence-electron chi connectivity index (χ3n) is 3.51. The van der Waals surface area contributed by atoms with Gasteiger partial charge in [-0.3, -0.25) is 0 Å². The fraction of sp³-hybridized carbons (Fsp3) is 0.625. The van der Waals surface area contributed by atoms with Gasteiger partial charge in [-0.05, 0) is 77.5 Å². The highest BCUT2D eigenvalue weighted by Crippen LogP contribution is 2.20. The molecular formula is C16H28N2. The largest absolute Gasteiger partial charge is 0.372 e. The van der Waals surface area contributed by atoms with Crippen LogP contribution in [0.2, 0.25) is 0 Å². The lowest BCUT2D eigenvalue weighted by molar-refractivity contribution is 0.400. The molecule has 1 rings (SSSR count). The number of benzene rings is 1. The zero-order valence-electron chi connectivity index (χ0n) is 12.7. The van der Waals surface area contributed by atoms with E-state index in [2.05, 4.69) is 62.9 Å². The van der Waals surface area contributed by atoms with Crippen LogP contribution in [0.3, 0.4) is 0 Å². The summed E-state index contributed by atoms with van der Waals surface area (Å²) in [5, 5.41) is 0. The Kier molecular flexibility index (Phi) is 6.20. The molecule has 0 bridgehead atoms. The molecule has 0 aliphatic carbocycles. The Morgan fingerprint density at radius 2 is 1.72 bits per heavy atom. The van der Waals surface area contributed by atoms with Crippen LogP contribution in [0.1, 0.15) is 31.4 Å². The molecule has 0 radical (unpaired) electrons. The van der Waals surface area contributed by atoms with E-state index in [0.29, 0.717) is 0 Å². The van der Waals surface area contributed by atoms with Crippen LogP contribution in [-0.4, -0.2) is 38.6 Å².